The number of thiophene rings is 1. The summed E-state index contributed by atoms with van der Waals surface area (Å²) in [7, 11) is 0. The van der Waals surface area contributed by atoms with Crippen LogP contribution in [0.3, 0.4) is 0 Å². The third-order valence-electron chi connectivity index (χ3n) is 4.48. The van der Waals surface area contributed by atoms with Crippen molar-refractivity contribution in [2.75, 3.05) is 25.0 Å². The summed E-state index contributed by atoms with van der Waals surface area (Å²) in [6.07, 6.45) is 9.54. The van der Waals surface area contributed by atoms with Gasteiger partial charge in [0.2, 0.25) is 5.95 Å². The van der Waals surface area contributed by atoms with E-state index in [-0.39, 0.29) is 0 Å². The Hall–Kier alpha value is -1.51. The molecular formula is C17H21BrN6S. The van der Waals surface area contributed by atoms with Crippen molar-refractivity contribution in [3.05, 3.63) is 27.9 Å². The molecule has 0 bridgehead atoms. The zero-order valence-electron chi connectivity index (χ0n) is 14.2. The molecule has 1 aliphatic heterocycles. The molecule has 0 saturated carbocycles. The van der Waals surface area contributed by atoms with Crippen LogP contribution in [0.4, 0.5) is 11.6 Å². The van der Waals surface area contributed by atoms with Gasteiger partial charge in [0.1, 0.15) is 5.52 Å². The van der Waals surface area contributed by atoms with E-state index in [1.165, 1.54) is 30.8 Å². The first kappa shape index (κ1) is 16.9. The third kappa shape index (κ3) is 3.86. The van der Waals surface area contributed by atoms with Crippen LogP contribution < -0.4 is 5.32 Å². The van der Waals surface area contributed by atoms with Crippen LogP contribution >= 0.6 is 27.3 Å². The van der Waals surface area contributed by atoms with Crippen molar-refractivity contribution >= 4 is 49.1 Å². The third-order valence-corrected chi connectivity index (χ3v) is 6.75. The molecule has 25 heavy (non-hydrogen) atoms. The highest BCUT2D eigenvalue weighted by atomic mass is 79.9. The van der Waals surface area contributed by atoms with Gasteiger partial charge in [0.25, 0.3) is 0 Å². The second kappa shape index (κ2) is 7.39. The highest BCUT2D eigenvalue weighted by molar-refractivity contribution is 9.10. The minimum absolute atomic E-state index is 0.600. The van der Waals surface area contributed by atoms with Crippen LogP contribution in [-0.4, -0.2) is 44.3 Å². The monoisotopic (exact) mass is 420 g/mol. The van der Waals surface area contributed by atoms with E-state index in [1.54, 1.807) is 11.3 Å². The van der Waals surface area contributed by atoms with Gasteiger partial charge in [-0.1, -0.05) is 0 Å². The van der Waals surface area contributed by atoms with Gasteiger partial charge in [-0.3, -0.25) is 4.68 Å². The maximum absolute atomic E-state index is 4.61. The number of aryl methyl sites for hydroxylation is 2. The molecule has 4 rings (SSSR count). The molecule has 3 aromatic rings. The first-order valence-electron chi connectivity index (χ1n) is 8.62. The van der Waals surface area contributed by atoms with Gasteiger partial charge in [0.15, 0.2) is 0 Å². The molecule has 0 amide bonds. The predicted molar refractivity (Wildman–Crippen MR) is 106 cm³/mol. The Labute approximate surface area is 159 Å². The zero-order valence-corrected chi connectivity index (χ0v) is 16.6. The van der Waals surface area contributed by atoms with Gasteiger partial charge in [0, 0.05) is 17.6 Å². The summed E-state index contributed by atoms with van der Waals surface area (Å²) in [4.78, 5) is 12.8. The lowest BCUT2D eigenvalue weighted by Crippen LogP contribution is -2.21. The summed E-state index contributed by atoms with van der Waals surface area (Å²) in [6.45, 7) is 6.68. The second-order valence-corrected chi connectivity index (χ2v) is 8.45. The Morgan fingerprint density at radius 2 is 2.08 bits per heavy atom. The number of anilines is 2. The minimum atomic E-state index is 0.600. The number of nitrogens with zero attached hydrogens (tertiary/aromatic N) is 5. The van der Waals surface area contributed by atoms with Gasteiger partial charge in [-0.15, -0.1) is 11.3 Å². The first-order chi connectivity index (χ1) is 12.2. The molecule has 3 aromatic heterocycles. The average molecular weight is 421 g/mol. The van der Waals surface area contributed by atoms with Crippen LogP contribution in [0.1, 0.15) is 24.1 Å². The second-order valence-electron chi connectivity index (χ2n) is 6.40. The first-order valence-corrected chi connectivity index (χ1v) is 10.2. The number of aromatic nitrogens is 4. The van der Waals surface area contributed by atoms with Gasteiger partial charge in [-0.05, 0) is 61.8 Å². The van der Waals surface area contributed by atoms with Crippen molar-refractivity contribution in [3.63, 3.8) is 0 Å². The summed E-state index contributed by atoms with van der Waals surface area (Å²) < 4.78 is 4.13. The molecule has 0 unspecified atom stereocenters. The molecule has 1 aliphatic rings. The van der Waals surface area contributed by atoms with Crippen molar-refractivity contribution in [1.82, 2.24) is 24.6 Å². The molecule has 0 atom stereocenters. The van der Waals surface area contributed by atoms with Crippen molar-refractivity contribution in [3.8, 4) is 0 Å². The number of rotatable bonds is 6. The maximum Gasteiger partial charge on any atom is 0.227 e. The average Bonchev–Trinajstić information content (AvgIpc) is 3.32. The fraction of sp³-hybridized carbons (Fsp3) is 0.471. The number of likely N-dealkylation sites (tertiary alicyclic amines) is 1. The highest BCUT2D eigenvalue weighted by Gasteiger charge is 2.12. The number of halogens is 1. The molecule has 0 aromatic carbocycles. The fourth-order valence-electron chi connectivity index (χ4n) is 3.18. The van der Waals surface area contributed by atoms with Gasteiger partial charge >= 0.3 is 0 Å². The topological polar surface area (TPSA) is 58.9 Å². The summed E-state index contributed by atoms with van der Waals surface area (Å²) in [5.74, 6) is 0.600. The Bertz CT molecular complexity index is 867. The highest BCUT2D eigenvalue weighted by Crippen LogP contribution is 2.33. The molecule has 132 valence electrons. The minimum Gasteiger partial charge on any atom is -0.321 e. The molecule has 1 N–H and O–H groups in total. The van der Waals surface area contributed by atoms with Gasteiger partial charge < -0.3 is 10.2 Å². The van der Waals surface area contributed by atoms with Crippen LogP contribution in [0.5, 0.6) is 0 Å². The van der Waals surface area contributed by atoms with Crippen molar-refractivity contribution < 1.29 is 0 Å². The molecular weight excluding hydrogens is 400 g/mol. The van der Waals surface area contributed by atoms with Gasteiger partial charge in [0.05, 0.1) is 27.3 Å². The molecule has 1 fully saturated rings. The van der Waals surface area contributed by atoms with Crippen LogP contribution in [-0.2, 0) is 6.54 Å². The summed E-state index contributed by atoms with van der Waals surface area (Å²) in [5, 5.41) is 7.69. The fourth-order valence-corrected chi connectivity index (χ4v) is 4.72. The molecule has 4 heterocycles. The molecule has 6 nitrogen and oxygen atoms in total. The van der Waals surface area contributed by atoms with E-state index in [4.69, 9.17) is 0 Å². The van der Waals surface area contributed by atoms with E-state index in [2.05, 4.69) is 48.1 Å². The van der Waals surface area contributed by atoms with Crippen LogP contribution in [0.15, 0.2) is 23.1 Å². The standard InChI is InChI=1S/C17H21BrN6S/c1-12-15(18)16-14(25-12)10-19-17(22-16)21-13-9-20-24(11-13)8-4-7-23-5-2-3-6-23/h9-11H,2-8H2,1H3,(H,19,21,22). The summed E-state index contributed by atoms with van der Waals surface area (Å²) in [6, 6.07) is 0. The largest absolute Gasteiger partial charge is 0.321 e. The van der Waals surface area contributed by atoms with Crippen LogP contribution in [0.2, 0.25) is 0 Å². The number of nitrogens with one attached hydrogen (secondary N) is 1. The lowest BCUT2D eigenvalue weighted by molar-refractivity contribution is 0.322. The van der Waals surface area contributed by atoms with Crippen LogP contribution in [0.25, 0.3) is 10.2 Å². The Balaban J connectivity index is 1.38. The van der Waals surface area contributed by atoms with E-state index >= 15 is 0 Å². The van der Waals surface area contributed by atoms with E-state index in [9.17, 15) is 0 Å². The lowest BCUT2D eigenvalue weighted by Gasteiger charge is -2.13. The Kier molecular flexibility index (Phi) is 5.00. The maximum atomic E-state index is 4.61. The zero-order chi connectivity index (χ0) is 17.2. The Morgan fingerprint density at radius 3 is 2.92 bits per heavy atom. The normalized spacial score (nSPS) is 15.3. The van der Waals surface area contributed by atoms with Crippen molar-refractivity contribution in [2.24, 2.45) is 0 Å². The van der Waals surface area contributed by atoms with Crippen molar-refractivity contribution in [1.29, 1.82) is 0 Å². The predicted octanol–water partition coefficient (Wildman–Crippen LogP) is 4.19. The van der Waals surface area contributed by atoms with E-state index in [0.717, 1.165) is 39.9 Å². The summed E-state index contributed by atoms with van der Waals surface area (Å²) >= 11 is 5.30. The molecule has 1 saturated heterocycles. The SMILES string of the molecule is Cc1sc2cnc(Nc3cnn(CCCN4CCCC4)c3)nc2c1Br. The molecule has 8 heteroatoms. The van der Waals surface area contributed by atoms with E-state index in [1.807, 2.05) is 23.3 Å². The smallest absolute Gasteiger partial charge is 0.227 e. The number of fused-ring (bicyclic) bond motifs is 1. The van der Waals surface area contributed by atoms with Crippen molar-refractivity contribution in [2.45, 2.75) is 32.7 Å². The molecule has 0 aliphatic carbocycles. The van der Waals surface area contributed by atoms with E-state index in [0.29, 0.717) is 5.95 Å². The van der Waals surface area contributed by atoms with Gasteiger partial charge in [-0.2, -0.15) is 5.10 Å². The van der Waals surface area contributed by atoms with Crippen LogP contribution in [0, 0.1) is 6.92 Å². The molecule has 0 spiro atoms. The number of hydrogen-bond acceptors (Lipinski definition) is 6. The van der Waals surface area contributed by atoms with E-state index < -0.39 is 0 Å². The lowest BCUT2D eigenvalue weighted by atomic mass is 10.4. The summed E-state index contributed by atoms with van der Waals surface area (Å²) in [5.41, 5.74) is 1.88. The Morgan fingerprint density at radius 1 is 1.24 bits per heavy atom. The number of hydrogen-bond donors (Lipinski definition) is 1. The quantitative estimate of drug-likeness (QED) is 0.647. The van der Waals surface area contributed by atoms with Gasteiger partial charge in [-0.25, -0.2) is 9.97 Å². The molecule has 0 radical (unpaired) electrons.